The SMILES string of the molecule is CN(C)C(=O)NC1(c2ccccc2)CCCCC1. The Kier molecular flexibility index (Phi) is 3.90. The second kappa shape index (κ2) is 5.42. The van der Waals surface area contributed by atoms with Crippen molar-refractivity contribution in [1.82, 2.24) is 10.2 Å². The van der Waals surface area contributed by atoms with Crippen LogP contribution < -0.4 is 5.32 Å². The fourth-order valence-electron chi connectivity index (χ4n) is 2.71. The Morgan fingerprint density at radius 3 is 2.28 bits per heavy atom. The Hall–Kier alpha value is -1.51. The van der Waals surface area contributed by atoms with Gasteiger partial charge in [0.1, 0.15) is 0 Å². The maximum absolute atomic E-state index is 12.0. The van der Waals surface area contributed by atoms with Gasteiger partial charge in [0.15, 0.2) is 0 Å². The highest BCUT2D eigenvalue weighted by atomic mass is 16.2. The van der Waals surface area contributed by atoms with Crippen LogP contribution in [0.2, 0.25) is 0 Å². The van der Waals surface area contributed by atoms with Gasteiger partial charge in [-0.2, -0.15) is 0 Å². The van der Waals surface area contributed by atoms with Gasteiger partial charge >= 0.3 is 6.03 Å². The number of carbonyl (C=O) groups excluding carboxylic acids is 1. The number of nitrogens with zero attached hydrogens (tertiary/aromatic N) is 1. The van der Waals surface area contributed by atoms with E-state index in [1.807, 2.05) is 18.2 Å². The second-order valence-corrected chi connectivity index (χ2v) is 5.33. The lowest BCUT2D eigenvalue weighted by atomic mass is 9.76. The summed E-state index contributed by atoms with van der Waals surface area (Å²) in [5, 5.41) is 3.24. The Bertz CT molecular complexity index is 394. The van der Waals surface area contributed by atoms with Crippen molar-refractivity contribution in [1.29, 1.82) is 0 Å². The number of carbonyl (C=O) groups is 1. The molecule has 0 unspecified atom stereocenters. The highest BCUT2D eigenvalue weighted by Gasteiger charge is 2.35. The van der Waals surface area contributed by atoms with Gasteiger partial charge in [-0.25, -0.2) is 4.79 Å². The number of benzene rings is 1. The summed E-state index contributed by atoms with van der Waals surface area (Å²) in [5.74, 6) is 0. The van der Waals surface area contributed by atoms with E-state index in [0.717, 1.165) is 12.8 Å². The molecule has 3 heteroatoms. The summed E-state index contributed by atoms with van der Waals surface area (Å²) in [6.07, 6.45) is 5.71. The monoisotopic (exact) mass is 246 g/mol. The Labute approximate surface area is 109 Å². The second-order valence-electron chi connectivity index (χ2n) is 5.33. The molecule has 0 aromatic heterocycles. The molecule has 0 spiro atoms. The first-order valence-corrected chi connectivity index (χ1v) is 6.69. The third-order valence-corrected chi connectivity index (χ3v) is 3.79. The average molecular weight is 246 g/mol. The minimum absolute atomic E-state index is 0.000697. The van der Waals surface area contributed by atoms with Crippen molar-refractivity contribution in [3.8, 4) is 0 Å². The van der Waals surface area contributed by atoms with E-state index >= 15 is 0 Å². The fraction of sp³-hybridized carbons (Fsp3) is 0.533. The summed E-state index contributed by atoms with van der Waals surface area (Å²) in [6, 6.07) is 10.4. The van der Waals surface area contributed by atoms with Crippen LogP contribution in [0.15, 0.2) is 30.3 Å². The van der Waals surface area contributed by atoms with E-state index in [1.54, 1.807) is 19.0 Å². The quantitative estimate of drug-likeness (QED) is 0.854. The first kappa shape index (κ1) is 12.9. The van der Waals surface area contributed by atoms with Crippen LogP contribution in [0.25, 0.3) is 0 Å². The lowest BCUT2D eigenvalue weighted by Crippen LogP contribution is -2.50. The highest BCUT2D eigenvalue weighted by molar-refractivity contribution is 5.74. The van der Waals surface area contributed by atoms with Gasteiger partial charge in [0.2, 0.25) is 0 Å². The number of hydrogen-bond donors (Lipinski definition) is 1. The zero-order valence-electron chi connectivity index (χ0n) is 11.3. The number of rotatable bonds is 2. The molecule has 0 heterocycles. The van der Waals surface area contributed by atoms with Gasteiger partial charge in [-0.3, -0.25) is 0 Å². The molecular weight excluding hydrogens is 224 g/mol. The Morgan fingerprint density at radius 2 is 1.72 bits per heavy atom. The third-order valence-electron chi connectivity index (χ3n) is 3.79. The predicted octanol–water partition coefficient (Wildman–Crippen LogP) is 3.12. The summed E-state index contributed by atoms with van der Waals surface area (Å²) < 4.78 is 0. The average Bonchev–Trinajstić information content (AvgIpc) is 2.40. The van der Waals surface area contributed by atoms with Gasteiger partial charge in [-0.15, -0.1) is 0 Å². The molecule has 1 fully saturated rings. The molecular formula is C15H22N2O. The van der Waals surface area contributed by atoms with E-state index in [4.69, 9.17) is 0 Å². The van der Waals surface area contributed by atoms with Crippen molar-refractivity contribution in [2.75, 3.05) is 14.1 Å². The lowest BCUT2D eigenvalue weighted by molar-refractivity contribution is 0.182. The number of hydrogen-bond acceptors (Lipinski definition) is 1. The van der Waals surface area contributed by atoms with Crippen molar-refractivity contribution >= 4 is 6.03 Å². The van der Waals surface area contributed by atoms with Gasteiger partial charge in [-0.05, 0) is 18.4 Å². The molecule has 3 nitrogen and oxygen atoms in total. The standard InChI is InChI=1S/C15H22N2O/c1-17(2)14(18)16-15(11-7-4-8-12-15)13-9-5-3-6-10-13/h3,5-6,9-10H,4,7-8,11-12H2,1-2H3,(H,16,18). The van der Waals surface area contributed by atoms with Crippen molar-refractivity contribution in [3.05, 3.63) is 35.9 Å². The van der Waals surface area contributed by atoms with Crippen LogP contribution in [0.3, 0.4) is 0 Å². The van der Waals surface area contributed by atoms with Crippen LogP contribution in [0.4, 0.5) is 4.79 Å². The van der Waals surface area contributed by atoms with Gasteiger partial charge in [0.25, 0.3) is 0 Å². The van der Waals surface area contributed by atoms with Gasteiger partial charge in [0, 0.05) is 14.1 Å². The molecule has 98 valence electrons. The molecule has 1 aliphatic rings. The van der Waals surface area contributed by atoms with Crippen LogP contribution in [0.5, 0.6) is 0 Å². The Morgan fingerprint density at radius 1 is 1.11 bits per heavy atom. The van der Waals surface area contributed by atoms with Crippen molar-refractivity contribution in [2.45, 2.75) is 37.6 Å². The van der Waals surface area contributed by atoms with Gasteiger partial charge in [0.05, 0.1) is 5.54 Å². The molecule has 0 radical (unpaired) electrons. The molecule has 2 amide bonds. The first-order chi connectivity index (χ1) is 8.64. The highest BCUT2D eigenvalue weighted by Crippen LogP contribution is 2.37. The lowest BCUT2D eigenvalue weighted by Gasteiger charge is -2.39. The van der Waals surface area contributed by atoms with Crippen molar-refractivity contribution in [2.24, 2.45) is 0 Å². The van der Waals surface area contributed by atoms with Crippen LogP contribution in [-0.4, -0.2) is 25.0 Å². The largest absolute Gasteiger partial charge is 0.331 e. The molecule has 1 aliphatic carbocycles. The summed E-state index contributed by atoms with van der Waals surface area (Å²) in [5.41, 5.74) is 1.07. The fourth-order valence-corrected chi connectivity index (χ4v) is 2.71. The maximum Gasteiger partial charge on any atom is 0.317 e. The van der Waals surface area contributed by atoms with E-state index < -0.39 is 0 Å². The molecule has 0 bridgehead atoms. The van der Waals surface area contributed by atoms with Crippen LogP contribution in [0, 0.1) is 0 Å². The summed E-state index contributed by atoms with van der Waals surface area (Å²) in [6.45, 7) is 0. The summed E-state index contributed by atoms with van der Waals surface area (Å²) in [4.78, 5) is 13.6. The van der Waals surface area contributed by atoms with E-state index in [-0.39, 0.29) is 11.6 Å². The van der Waals surface area contributed by atoms with Gasteiger partial charge in [-0.1, -0.05) is 49.6 Å². The zero-order chi connectivity index (χ0) is 13.0. The minimum atomic E-state index is -0.166. The topological polar surface area (TPSA) is 32.3 Å². The van der Waals surface area contributed by atoms with E-state index in [1.165, 1.54) is 24.8 Å². The smallest absolute Gasteiger partial charge is 0.317 e. The minimum Gasteiger partial charge on any atom is -0.331 e. The molecule has 1 N–H and O–H groups in total. The molecule has 1 aromatic carbocycles. The zero-order valence-corrected chi connectivity index (χ0v) is 11.3. The van der Waals surface area contributed by atoms with E-state index in [2.05, 4.69) is 17.4 Å². The number of amides is 2. The van der Waals surface area contributed by atoms with Crippen LogP contribution in [-0.2, 0) is 5.54 Å². The molecule has 2 rings (SSSR count). The molecule has 18 heavy (non-hydrogen) atoms. The summed E-state index contributed by atoms with van der Waals surface area (Å²) >= 11 is 0. The summed E-state index contributed by atoms with van der Waals surface area (Å²) in [7, 11) is 3.58. The molecule has 1 saturated carbocycles. The van der Waals surface area contributed by atoms with Crippen molar-refractivity contribution in [3.63, 3.8) is 0 Å². The predicted molar refractivity (Wildman–Crippen MR) is 73.4 cm³/mol. The molecule has 0 saturated heterocycles. The van der Waals surface area contributed by atoms with E-state index in [0.29, 0.717) is 0 Å². The van der Waals surface area contributed by atoms with Crippen molar-refractivity contribution < 1.29 is 4.79 Å². The Balaban J connectivity index is 2.26. The normalized spacial score (nSPS) is 18.1. The van der Waals surface area contributed by atoms with E-state index in [9.17, 15) is 4.79 Å². The maximum atomic E-state index is 12.0. The molecule has 0 atom stereocenters. The van der Waals surface area contributed by atoms with Crippen LogP contribution in [0.1, 0.15) is 37.7 Å². The first-order valence-electron chi connectivity index (χ1n) is 6.69. The number of nitrogens with one attached hydrogen (secondary N) is 1. The third kappa shape index (κ3) is 2.66. The molecule has 0 aliphatic heterocycles. The number of urea groups is 1. The molecule has 1 aromatic rings. The van der Waals surface area contributed by atoms with Crippen LogP contribution >= 0.6 is 0 Å². The van der Waals surface area contributed by atoms with Gasteiger partial charge < -0.3 is 10.2 Å².